The minimum Gasteiger partial charge on any atom is -0.469 e. The van der Waals surface area contributed by atoms with Crippen LogP contribution in [0.3, 0.4) is 0 Å². The molecule has 0 fully saturated rings. The van der Waals surface area contributed by atoms with Crippen molar-refractivity contribution in [3.05, 3.63) is 202 Å². The van der Waals surface area contributed by atoms with E-state index in [0.29, 0.717) is 83.9 Å². The number of ether oxygens (including phenoxy) is 4. The predicted octanol–water partition coefficient (Wildman–Crippen LogP) is 11.1. The van der Waals surface area contributed by atoms with E-state index in [0.717, 1.165) is 178 Å². The van der Waals surface area contributed by atoms with E-state index in [9.17, 15) is 28.8 Å². The number of esters is 4. The molecule has 0 unspecified atom stereocenters. The largest absolute Gasteiger partial charge is 0.469 e. The number of rotatable bonds is 18. The number of aryl methyl sites for hydroxylation is 4. The molecule has 11 heterocycles. The number of carbonyl (C=O) groups is 6. The van der Waals surface area contributed by atoms with E-state index in [2.05, 4.69) is 121 Å². The van der Waals surface area contributed by atoms with Gasteiger partial charge in [0.15, 0.2) is 0 Å². The number of methoxy groups -OCH3 is 4. The molecule has 6 aromatic rings. The molecule has 11 rings (SSSR count). The third-order valence-corrected chi connectivity index (χ3v) is 21.8. The van der Waals surface area contributed by atoms with Crippen molar-refractivity contribution in [1.82, 2.24) is 29.9 Å². The Kier molecular flexibility index (Phi) is 20.8. The average molecular weight is 1380 g/mol. The fraction of sp³-hybridized carbons (Fsp3) is 0.390. The molecule has 102 heavy (non-hydrogen) atoms. The van der Waals surface area contributed by atoms with Gasteiger partial charge in [-0.25, -0.2) is 20.0 Å². The van der Waals surface area contributed by atoms with Gasteiger partial charge in [-0.1, -0.05) is 13.8 Å². The Labute approximate surface area is 594 Å². The summed E-state index contributed by atoms with van der Waals surface area (Å²) in [5.41, 5.74) is 30.2. The van der Waals surface area contributed by atoms with Crippen molar-refractivity contribution < 1.29 is 47.7 Å². The van der Waals surface area contributed by atoms with Crippen LogP contribution in [-0.2, 0) is 73.4 Å². The summed E-state index contributed by atoms with van der Waals surface area (Å²) in [6.45, 7) is 32.6. The van der Waals surface area contributed by atoms with Crippen LogP contribution >= 0.6 is 0 Å². The SMILES string of the molecule is CCC1=C(C)C(=O)N=C1/C=C1N=C(/C2=c3/[nH]/c(c(C)c3CCC(=O)OC)=C\c3[nH]c(C)c(c3C)Cc3c(C)[nH]c(c3C)/C(C3=N/C(=C/C4=NC(=O)C(C)=C4CC)C(C)=C3CCC(=O)OC)=c3\[nH]/c(c(C)c3CCC(=O)OC)=C\c3[nH]c(C)c(c3C)Cc3c(C)[nH]c2c3C)C(CCC(=O)OC)=C\1C. The fourth-order valence-electron chi connectivity index (χ4n) is 15.5. The van der Waals surface area contributed by atoms with Gasteiger partial charge < -0.3 is 48.9 Å². The fourth-order valence-corrected chi connectivity index (χ4v) is 15.5. The smallest absolute Gasteiger partial charge is 0.305 e. The van der Waals surface area contributed by atoms with Gasteiger partial charge in [-0.3, -0.25) is 28.8 Å². The number of H-pyrrole nitrogens is 6. The quantitative estimate of drug-likeness (QED) is 0.0349. The first-order valence-electron chi connectivity index (χ1n) is 35.1. The molecule has 532 valence electrons. The van der Waals surface area contributed by atoms with Gasteiger partial charge in [-0.2, -0.15) is 0 Å². The minimum atomic E-state index is -0.378. The van der Waals surface area contributed by atoms with Crippen LogP contribution in [0.1, 0.15) is 205 Å². The number of aromatic nitrogens is 6. The maximum atomic E-state index is 13.4. The van der Waals surface area contributed by atoms with Crippen LogP contribution in [0.15, 0.2) is 88.1 Å². The normalized spacial score (nSPS) is 18.1. The van der Waals surface area contributed by atoms with Gasteiger partial charge in [0, 0.05) is 106 Å². The van der Waals surface area contributed by atoms with E-state index in [1.54, 1.807) is 13.8 Å². The standard InChI is InChI=1S/C82H94N10O10/c1-21-51-45(11)81(97)91-67(51)35-65-39(5)55(25-29-71(95)101-19)79(89-65)73-75-43(9)59(49(15)85-75)31-57-41(7)62(84-47(57)13)34-64-38(4)54(24-28-70(94)100-18)78(88-64)74(80-56(26-30-72(96)102-20)40(6)66(90-80)36-68-52(22-2)46(12)82(98)92-68)76-44(10)60(50(16)86-76)32-58-42(8)61(83-48(58)14)33-63-37(3)53(77(73)87-63)23-27-69(93)99-17/h33-36,83-88H,21-32H2,1-20H3/b63-33-,64-34-,65-35-,66-36+,77-73+,78-74+. The van der Waals surface area contributed by atoms with Gasteiger partial charge in [0.2, 0.25) is 0 Å². The number of hydrogen-bond acceptors (Lipinski definition) is 12. The van der Waals surface area contributed by atoms with E-state index in [-0.39, 0.29) is 74.2 Å². The third-order valence-electron chi connectivity index (χ3n) is 21.8. The zero-order chi connectivity index (χ0) is 73.8. The summed E-state index contributed by atoms with van der Waals surface area (Å²) in [6.07, 6.45) is 11.8. The molecule has 0 aliphatic carbocycles. The van der Waals surface area contributed by atoms with Crippen molar-refractivity contribution in [2.24, 2.45) is 20.0 Å². The maximum absolute atomic E-state index is 13.4. The number of hydrogen-bond donors (Lipinski definition) is 6. The molecule has 0 saturated carbocycles. The molecule has 6 N–H and O–H groups in total. The number of carbonyl (C=O) groups excluding carboxylic acids is 6. The molecule has 20 heteroatoms. The van der Waals surface area contributed by atoms with E-state index < -0.39 is 0 Å². The topological polar surface area (TPSA) is 284 Å². The highest BCUT2D eigenvalue weighted by molar-refractivity contribution is 6.35. The molecule has 5 aliphatic heterocycles. The summed E-state index contributed by atoms with van der Waals surface area (Å²) in [5, 5.41) is 3.07. The highest BCUT2D eigenvalue weighted by Gasteiger charge is 2.35. The highest BCUT2D eigenvalue weighted by Crippen LogP contribution is 2.40. The van der Waals surface area contributed by atoms with E-state index >= 15 is 0 Å². The van der Waals surface area contributed by atoms with Crippen molar-refractivity contribution in [1.29, 1.82) is 0 Å². The Hall–Kier alpha value is -10.5. The lowest BCUT2D eigenvalue weighted by molar-refractivity contribution is -0.141. The molecule has 2 amide bonds. The van der Waals surface area contributed by atoms with Gasteiger partial charge >= 0.3 is 23.9 Å². The summed E-state index contributed by atoms with van der Waals surface area (Å²) in [6, 6.07) is 0. The molecule has 12 bridgehead atoms. The summed E-state index contributed by atoms with van der Waals surface area (Å²) >= 11 is 0. The zero-order valence-corrected chi connectivity index (χ0v) is 62.7. The van der Waals surface area contributed by atoms with Gasteiger partial charge in [0.25, 0.3) is 11.8 Å². The molecule has 5 aliphatic rings. The zero-order valence-electron chi connectivity index (χ0n) is 62.7. The predicted molar refractivity (Wildman–Crippen MR) is 399 cm³/mol. The van der Waals surface area contributed by atoms with Crippen LogP contribution in [0.5, 0.6) is 0 Å². The van der Waals surface area contributed by atoms with Crippen LogP contribution < -0.4 is 21.4 Å². The second-order valence-corrected chi connectivity index (χ2v) is 27.4. The van der Waals surface area contributed by atoms with Crippen LogP contribution in [0.25, 0.3) is 23.3 Å². The Morgan fingerprint density at radius 1 is 0.402 bits per heavy atom. The number of fused-ring (bicyclic) bond motifs is 12. The van der Waals surface area contributed by atoms with Gasteiger partial charge in [-0.15, -0.1) is 0 Å². The number of aliphatic imine (C=N–C) groups is 4. The summed E-state index contributed by atoms with van der Waals surface area (Å²) in [4.78, 5) is 123. The monoisotopic (exact) mass is 1380 g/mol. The molecular weight excluding hydrogens is 1280 g/mol. The Bertz CT molecular complexity index is 4950. The van der Waals surface area contributed by atoms with Crippen LogP contribution in [-0.4, -0.2) is 117 Å². The van der Waals surface area contributed by atoms with Gasteiger partial charge in [0.05, 0.1) is 84.8 Å². The van der Waals surface area contributed by atoms with E-state index in [1.807, 2.05) is 39.8 Å². The molecule has 0 saturated heterocycles. The van der Waals surface area contributed by atoms with E-state index in [4.69, 9.17) is 28.9 Å². The van der Waals surface area contributed by atoms with Crippen molar-refractivity contribution in [2.45, 2.75) is 188 Å². The third kappa shape index (κ3) is 13.3. The molecule has 0 atom stereocenters. The van der Waals surface area contributed by atoms with E-state index in [1.165, 1.54) is 28.4 Å². The van der Waals surface area contributed by atoms with Gasteiger partial charge in [0.1, 0.15) is 0 Å². The molecule has 6 aromatic heterocycles. The van der Waals surface area contributed by atoms with Crippen LogP contribution in [0.4, 0.5) is 0 Å². The van der Waals surface area contributed by atoms with Crippen molar-refractivity contribution >= 4 is 81.8 Å². The highest BCUT2D eigenvalue weighted by atomic mass is 16.5. The molecular formula is C82H94N10O10. The van der Waals surface area contributed by atoms with Crippen molar-refractivity contribution in [3.8, 4) is 0 Å². The Morgan fingerprint density at radius 2 is 0.725 bits per heavy atom. The molecule has 0 aromatic carbocycles. The average Bonchev–Trinajstić information content (AvgIpc) is 1.57. The Morgan fingerprint density at radius 3 is 1.06 bits per heavy atom. The summed E-state index contributed by atoms with van der Waals surface area (Å²) < 4.78 is 21.2. The van der Waals surface area contributed by atoms with Crippen molar-refractivity contribution in [2.75, 3.05) is 28.4 Å². The molecule has 20 nitrogen and oxygen atoms in total. The van der Waals surface area contributed by atoms with Crippen molar-refractivity contribution in [3.63, 3.8) is 0 Å². The first kappa shape index (κ1) is 72.7. The van der Waals surface area contributed by atoms with Crippen LogP contribution in [0.2, 0.25) is 0 Å². The minimum absolute atomic E-state index is 0.0663. The number of nitrogens with one attached hydrogen (secondary N) is 6. The summed E-state index contributed by atoms with van der Waals surface area (Å²) in [7, 11) is 5.57. The number of amides is 2. The second kappa shape index (κ2) is 29.2. The molecule has 0 spiro atoms. The number of aromatic amines is 6. The lowest BCUT2D eigenvalue weighted by atomic mass is 9.90. The lowest BCUT2D eigenvalue weighted by Crippen LogP contribution is -2.23. The summed E-state index contributed by atoms with van der Waals surface area (Å²) in [5.74, 6) is -2.05. The first-order chi connectivity index (χ1) is 48.6. The number of nitrogens with zero attached hydrogens (tertiary/aromatic N) is 4. The first-order valence-corrected chi connectivity index (χ1v) is 35.1. The van der Waals surface area contributed by atoms with Gasteiger partial charge in [-0.05, 0) is 260 Å². The Balaban J connectivity index is 1.23. The van der Waals surface area contributed by atoms with Crippen LogP contribution in [0, 0.1) is 69.2 Å². The second-order valence-electron chi connectivity index (χ2n) is 27.4. The lowest BCUT2D eigenvalue weighted by Gasteiger charge is -2.14. The maximum Gasteiger partial charge on any atom is 0.305 e. The number of allylic oxidation sites excluding steroid dienone is 8. The molecule has 0 radical (unpaired) electrons.